The zero-order valence-electron chi connectivity index (χ0n) is 12.3. The maximum absolute atomic E-state index is 11.9. The van der Waals surface area contributed by atoms with Crippen LogP contribution in [0.4, 0.5) is 0 Å². The fraction of sp³-hybridized carbons (Fsp3) is 0.200. The van der Waals surface area contributed by atoms with Gasteiger partial charge in [-0.25, -0.2) is 9.97 Å². The largest absolute Gasteiger partial charge is 0.494 e. The average Bonchev–Trinajstić information content (AvgIpc) is 2.53. The first-order valence-electron chi connectivity index (χ1n) is 6.80. The molecule has 2 rings (SSSR count). The standard InChI is InChI=1S/C15H15N3O5/c1-2-23-10-5-3-4-9(6-10)11-7-16-14(21)13(18-11)15(22)17-8-12(19)20/h3-7H,2,8H2,1H3,(H,16,21)(H,17,22)(H,19,20). The van der Waals surface area contributed by atoms with Gasteiger partial charge in [0.05, 0.1) is 18.5 Å². The van der Waals surface area contributed by atoms with Crippen LogP contribution in [0, 0.1) is 0 Å². The lowest BCUT2D eigenvalue weighted by Gasteiger charge is -2.08. The Morgan fingerprint density at radius 2 is 2.13 bits per heavy atom. The van der Waals surface area contributed by atoms with E-state index in [0.717, 1.165) is 0 Å². The number of amides is 1. The molecule has 8 heteroatoms. The zero-order valence-corrected chi connectivity index (χ0v) is 12.3. The van der Waals surface area contributed by atoms with Gasteiger partial charge in [0.1, 0.15) is 12.3 Å². The van der Waals surface area contributed by atoms with Gasteiger partial charge in [0.25, 0.3) is 5.91 Å². The second kappa shape index (κ2) is 7.21. The normalized spacial score (nSPS) is 10.1. The molecule has 0 aliphatic carbocycles. The minimum Gasteiger partial charge on any atom is -0.494 e. The van der Waals surface area contributed by atoms with Crippen LogP contribution in [0.5, 0.6) is 11.6 Å². The molecule has 3 N–H and O–H groups in total. The van der Waals surface area contributed by atoms with Crippen molar-refractivity contribution in [2.24, 2.45) is 0 Å². The van der Waals surface area contributed by atoms with Crippen LogP contribution in [0.15, 0.2) is 30.5 Å². The molecule has 0 fully saturated rings. The maximum atomic E-state index is 11.9. The number of nitrogens with one attached hydrogen (secondary N) is 1. The van der Waals surface area contributed by atoms with Crippen molar-refractivity contribution in [2.45, 2.75) is 6.92 Å². The predicted octanol–water partition coefficient (Wildman–Crippen LogP) is 1.06. The average molecular weight is 317 g/mol. The molecule has 0 bridgehead atoms. The number of carbonyl (C=O) groups is 2. The number of hydrogen-bond donors (Lipinski definition) is 3. The number of carboxylic acid groups (broad SMARTS) is 1. The number of carboxylic acids is 1. The van der Waals surface area contributed by atoms with E-state index in [2.05, 4.69) is 15.3 Å². The number of carbonyl (C=O) groups excluding carboxylic acids is 1. The van der Waals surface area contributed by atoms with Crippen molar-refractivity contribution in [2.75, 3.05) is 13.2 Å². The van der Waals surface area contributed by atoms with Crippen LogP contribution in [-0.4, -0.2) is 45.2 Å². The van der Waals surface area contributed by atoms with E-state index in [9.17, 15) is 14.7 Å². The fourth-order valence-electron chi connectivity index (χ4n) is 1.83. The summed E-state index contributed by atoms with van der Waals surface area (Å²) in [6.45, 7) is 1.79. The summed E-state index contributed by atoms with van der Waals surface area (Å²) >= 11 is 0. The highest BCUT2D eigenvalue weighted by Gasteiger charge is 2.17. The molecule has 0 saturated carbocycles. The van der Waals surface area contributed by atoms with Gasteiger partial charge >= 0.3 is 5.97 Å². The van der Waals surface area contributed by atoms with Gasteiger partial charge in [-0.15, -0.1) is 0 Å². The van der Waals surface area contributed by atoms with Crippen LogP contribution in [-0.2, 0) is 4.79 Å². The molecule has 1 aromatic heterocycles. The van der Waals surface area contributed by atoms with E-state index in [-0.39, 0.29) is 5.69 Å². The van der Waals surface area contributed by atoms with Crippen molar-refractivity contribution in [3.63, 3.8) is 0 Å². The SMILES string of the molecule is CCOc1cccc(-c2cnc(O)c(C(=O)NCC(=O)O)n2)c1. The van der Waals surface area contributed by atoms with Gasteiger partial charge in [-0.05, 0) is 19.1 Å². The first-order chi connectivity index (χ1) is 11.0. The van der Waals surface area contributed by atoms with Gasteiger partial charge in [0.15, 0.2) is 5.69 Å². The molecule has 0 spiro atoms. The van der Waals surface area contributed by atoms with Crippen molar-refractivity contribution >= 4 is 11.9 Å². The number of aromatic hydroxyl groups is 1. The number of nitrogens with zero attached hydrogens (tertiary/aromatic N) is 2. The number of ether oxygens (including phenoxy) is 1. The second-order valence-corrected chi connectivity index (χ2v) is 4.46. The van der Waals surface area contributed by atoms with E-state index in [1.807, 2.05) is 6.92 Å². The molecule has 23 heavy (non-hydrogen) atoms. The van der Waals surface area contributed by atoms with Gasteiger partial charge in [-0.2, -0.15) is 0 Å². The molecule has 1 amide bonds. The molecule has 1 aromatic carbocycles. The number of hydrogen-bond acceptors (Lipinski definition) is 6. The van der Waals surface area contributed by atoms with E-state index < -0.39 is 24.3 Å². The zero-order chi connectivity index (χ0) is 16.8. The monoisotopic (exact) mass is 317 g/mol. The van der Waals surface area contributed by atoms with Gasteiger partial charge in [0, 0.05) is 5.56 Å². The highest BCUT2D eigenvalue weighted by molar-refractivity contribution is 5.96. The summed E-state index contributed by atoms with van der Waals surface area (Å²) in [5, 5.41) is 20.3. The van der Waals surface area contributed by atoms with Crippen LogP contribution in [0.1, 0.15) is 17.4 Å². The quantitative estimate of drug-likeness (QED) is 0.728. The molecule has 0 aliphatic heterocycles. The molecule has 0 unspecified atom stereocenters. The Morgan fingerprint density at radius 3 is 2.83 bits per heavy atom. The third-order valence-corrected chi connectivity index (χ3v) is 2.81. The third kappa shape index (κ3) is 4.16. The lowest BCUT2D eigenvalue weighted by Crippen LogP contribution is -2.30. The summed E-state index contributed by atoms with van der Waals surface area (Å²) in [6, 6.07) is 7.02. The minimum atomic E-state index is -1.20. The van der Waals surface area contributed by atoms with Gasteiger partial charge in [-0.1, -0.05) is 12.1 Å². The molecule has 120 valence electrons. The molecule has 0 saturated heterocycles. The lowest BCUT2D eigenvalue weighted by atomic mass is 10.1. The first kappa shape index (κ1) is 16.2. The summed E-state index contributed by atoms with van der Waals surface area (Å²) in [6.07, 6.45) is 1.31. The molecule has 1 heterocycles. The smallest absolute Gasteiger partial charge is 0.322 e. The van der Waals surface area contributed by atoms with E-state index in [1.54, 1.807) is 24.3 Å². The van der Waals surface area contributed by atoms with Crippen LogP contribution in [0.3, 0.4) is 0 Å². The van der Waals surface area contributed by atoms with Gasteiger partial charge in [-0.3, -0.25) is 9.59 Å². The van der Waals surface area contributed by atoms with E-state index in [1.165, 1.54) is 6.20 Å². The Bertz CT molecular complexity index is 733. The summed E-state index contributed by atoms with van der Waals surface area (Å²) in [5.74, 6) is -1.96. The minimum absolute atomic E-state index is 0.342. The molecule has 8 nitrogen and oxygen atoms in total. The summed E-state index contributed by atoms with van der Waals surface area (Å²) < 4.78 is 5.39. The van der Waals surface area contributed by atoms with E-state index in [0.29, 0.717) is 23.6 Å². The van der Waals surface area contributed by atoms with Crippen molar-refractivity contribution in [1.82, 2.24) is 15.3 Å². The van der Waals surface area contributed by atoms with E-state index >= 15 is 0 Å². The fourth-order valence-corrected chi connectivity index (χ4v) is 1.83. The van der Waals surface area contributed by atoms with Crippen molar-refractivity contribution in [3.8, 4) is 22.9 Å². The van der Waals surface area contributed by atoms with Crippen LogP contribution < -0.4 is 10.1 Å². The Labute approximate surface area is 131 Å². The topological polar surface area (TPSA) is 122 Å². The van der Waals surface area contributed by atoms with Crippen molar-refractivity contribution in [3.05, 3.63) is 36.2 Å². The van der Waals surface area contributed by atoms with Crippen molar-refractivity contribution < 1.29 is 24.5 Å². The number of benzene rings is 1. The molecule has 0 aliphatic rings. The van der Waals surface area contributed by atoms with Gasteiger partial charge < -0.3 is 20.3 Å². The van der Waals surface area contributed by atoms with Gasteiger partial charge in [0.2, 0.25) is 5.88 Å². The Morgan fingerprint density at radius 1 is 1.35 bits per heavy atom. The third-order valence-electron chi connectivity index (χ3n) is 2.81. The highest BCUT2D eigenvalue weighted by Crippen LogP contribution is 2.24. The summed E-state index contributed by atoms with van der Waals surface area (Å²) in [7, 11) is 0. The number of aromatic nitrogens is 2. The molecule has 0 radical (unpaired) electrons. The van der Waals surface area contributed by atoms with E-state index in [4.69, 9.17) is 9.84 Å². The molecular weight excluding hydrogens is 302 g/mol. The molecular formula is C15H15N3O5. The maximum Gasteiger partial charge on any atom is 0.322 e. The van der Waals surface area contributed by atoms with Crippen LogP contribution in [0.2, 0.25) is 0 Å². The molecule has 2 aromatic rings. The summed E-state index contributed by atoms with van der Waals surface area (Å²) in [5.41, 5.74) is 0.658. The lowest BCUT2D eigenvalue weighted by molar-refractivity contribution is -0.135. The van der Waals surface area contributed by atoms with Crippen LogP contribution >= 0.6 is 0 Å². The Balaban J connectivity index is 2.31. The molecule has 0 atom stereocenters. The second-order valence-electron chi connectivity index (χ2n) is 4.46. The Hall–Kier alpha value is -3.16. The number of aliphatic carboxylic acids is 1. The van der Waals surface area contributed by atoms with Crippen LogP contribution in [0.25, 0.3) is 11.3 Å². The highest BCUT2D eigenvalue weighted by atomic mass is 16.5. The van der Waals surface area contributed by atoms with Crippen molar-refractivity contribution in [1.29, 1.82) is 0 Å². The first-order valence-corrected chi connectivity index (χ1v) is 6.80. The summed E-state index contributed by atoms with van der Waals surface area (Å²) in [4.78, 5) is 30.1. The number of rotatable bonds is 6. The predicted molar refractivity (Wildman–Crippen MR) is 80.3 cm³/mol. The Kier molecular flexibility index (Phi) is 5.08.